The highest BCUT2D eigenvalue weighted by Crippen LogP contribution is 2.27. The summed E-state index contributed by atoms with van der Waals surface area (Å²) in [5, 5.41) is 0. The zero-order valence-corrected chi connectivity index (χ0v) is 8.19. The lowest BCUT2D eigenvalue weighted by Crippen LogP contribution is -2.28. The van der Waals surface area contributed by atoms with Crippen LogP contribution in [-0.4, -0.2) is 15.6 Å². The van der Waals surface area contributed by atoms with Crippen molar-refractivity contribution < 1.29 is 4.39 Å². The number of aromatic nitrogens is 2. The summed E-state index contributed by atoms with van der Waals surface area (Å²) in [7, 11) is 0. The van der Waals surface area contributed by atoms with E-state index in [2.05, 4.69) is 4.98 Å². The highest BCUT2D eigenvalue weighted by Gasteiger charge is 2.24. The third kappa shape index (κ3) is 1.85. The SMILES string of the molecule is Nc1nc(=O)n(C2CCC(N)C2)cc1F. The van der Waals surface area contributed by atoms with E-state index in [1.807, 2.05) is 0 Å². The summed E-state index contributed by atoms with van der Waals surface area (Å²) in [6.45, 7) is 0. The molecule has 1 aliphatic rings. The van der Waals surface area contributed by atoms with Crippen molar-refractivity contribution in [2.24, 2.45) is 5.73 Å². The molecule has 1 aliphatic carbocycles. The molecule has 2 atom stereocenters. The molecule has 5 nitrogen and oxygen atoms in total. The van der Waals surface area contributed by atoms with Crippen LogP contribution < -0.4 is 17.2 Å². The minimum absolute atomic E-state index is 0.0462. The van der Waals surface area contributed by atoms with Gasteiger partial charge in [0.05, 0.1) is 0 Å². The highest BCUT2D eigenvalue weighted by atomic mass is 19.1. The van der Waals surface area contributed by atoms with Crippen molar-refractivity contribution in [3.8, 4) is 0 Å². The number of halogens is 1. The molecular weight excluding hydrogens is 199 g/mol. The average Bonchev–Trinajstić information content (AvgIpc) is 2.58. The lowest BCUT2D eigenvalue weighted by molar-refractivity contribution is 0.467. The largest absolute Gasteiger partial charge is 0.381 e. The van der Waals surface area contributed by atoms with Gasteiger partial charge < -0.3 is 11.5 Å². The zero-order valence-electron chi connectivity index (χ0n) is 8.19. The molecule has 1 aromatic heterocycles. The van der Waals surface area contributed by atoms with Gasteiger partial charge in [-0.25, -0.2) is 9.18 Å². The van der Waals surface area contributed by atoms with Crippen LogP contribution in [0.4, 0.5) is 10.2 Å². The first kappa shape index (κ1) is 10.1. The van der Waals surface area contributed by atoms with Gasteiger partial charge in [-0.15, -0.1) is 0 Å². The molecule has 0 aliphatic heterocycles. The molecule has 0 spiro atoms. The predicted molar refractivity (Wildman–Crippen MR) is 53.7 cm³/mol. The fraction of sp³-hybridized carbons (Fsp3) is 0.556. The van der Waals surface area contributed by atoms with E-state index in [4.69, 9.17) is 11.5 Å². The van der Waals surface area contributed by atoms with Crippen LogP contribution in [0.25, 0.3) is 0 Å². The average molecular weight is 212 g/mol. The van der Waals surface area contributed by atoms with Gasteiger partial charge in [0.2, 0.25) is 0 Å². The Kier molecular flexibility index (Phi) is 2.44. The van der Waals surface area contributed by atoms with E-state index in [9.17, 15) is 9.18 Å². The summed E-state index contributed by atoms with van der Waals surface area (Å²) in [5.74, 6) is -1.01. The van der Waals surface area contributed by atoms with Crippen molar-refractivity contribution in [1.82, 2.24) is 9.55 Å². The van der Waals surface area contributed by atoms with Crippen LogP contribution in [0, 0.1) is 5.82 Å². The third-order valence-corrected chi connectivity index (χ3v) is 2.77. The van der Waals surface area contributed by atoms with Crippen molar-refractivity contribution >= 4 is 5.82 Å². The number of hydrogen-bond donors (Lipinski definition) is 2. The molecule has 1 aromatic rings. The molecule has 2 unspecified atom stereocenters. The molecule has 0 radical (unpaired) electrons. The Morgan fingerprint density at radius 1 is 1.53 bits per heavy atom. The zero-order chi connectivity index (χ0) is 11.0. The molecule has 1 saturated carbocycles. The third-order valence-electron chi connectivity index (χ3n) is 2.77. The second kappa shape index (κ2) is 3.62. The Hall–Kier alpha value is -1.43. The maximum atomic E-state index is 13.1. The number of nitrogens with two attached hydrogens (primary N) is 2. The highest BCUT2D eigenvalue weighted by molar-refractivity contribution is 5.26. The minimum Gasteiger partial charge on any atom is -0.381 e. The van der Waals surface area contributed by atoms with E-state index in [1.165, 1.54) is 4.57 Å². The molecule has 0 bridgehead atoms. The molecule has 0 amide bonds. The number of anilines is 1. The monoisotopic (exact) mass is 212 g/mol. The number of hydrogen-bond acceptors (Lipinski definition) is 4. The lowest BCUT2D eigenvalue weighted by Gasteiger charge is -2.13. The topological polar surface area (TPSA) is 86.9 Å². The van der Waals surface area contributed by atoms with Crippen molar-refractivity contribution in [2.75, 3.05) is 5.73 Å². The minimum atomic E-state index is -0.657. The Labute approximate surface area is 85.9 Å². The maximum absolute atomic E-state index is 13.1. The second-order valence-electron chi connectivity index (χ2n) is 3.89. The van der Waals surface area contributed by atoms with E-state index in [-0.39, 0.29) is 17.9 Å². The molecule has 82 valence electrons. The van der Waals surface area contributed by atoms with Crippen LogP contribution >= 0.6 is 0 Å². The first-order chi connectivity index (χ1) is 7.08. The summed E-state index contributed by atoms with van der Waals surface area (Å²) in [5.41, 5.74) is 10.4. The van der Waals surface area contributed by atoms with Crippen LogP contribution in [0.5, 0.6) is 0 Å². The van der Waals surface area contributed by atoms with Crippen molar-refractivity contribution in [1.29, 1.82) is 0 Å². The maximum Gasteiger partial charge on any atom is 0.349 e. The summed E-state index contributed by atoms with van der Waals surface area (Å²) < 4.78 is 14.4. The van der Waals surface area contributed by atoms with Crippen LogP contribution in [0.3, 0.4) is 0 Å². The quantitative estimate of drug-likeness (QED) is 0.686. The predicted octanol–water partition coefficient (Wildman–Crippen LogP) is 0.0169. The van der Waals surface area contributed by atoms with Gasteiger partial charge in [-0.2, -0.15) is 4.98 Å². The molecule has 15 heavy (non-hydrogen) atoms. The second-order valence-corrected chi connectivity index (χ2v) is 3.89. The van der Waals surface area contributed by atoms with Gasteiger partial charge >= 0.3 is 5.69 Å². The van der Waals surface area contributed by atoms with Crippen LogP contribution in [0.1, 0.15) is 25.3 Å². The summed E-state index contributed by atoms with van der Waals surface area (Å²) in [6, 6.07) is 0.0395. The van der Waals surface area contributed by atoms with E-state index in [0.717, 1.165) is 19.0 Å². The Morgan fingerprint density at radius 2 is 2.27 bits per heavy atom. The molecule has 0 saturated heterocycles. The van der Waals surface area contributed by atoms with Crippen LogP contribution in [0.2, 0.25) is 0 Å². The van der Waals surface area contributed by atoms with E-state index >= 15 is 0 Å². The van der Waals surface area contributed by atoms with Gasteiger partial charge in [-0.3, -0.25) is 4.57 Å². The van der Waals surface area contributed by atoms with Crippen LogP contribution in [0.15, 0.2) is 11.0 Å². The number of nitrogens with zero attached hydrogens (tertiary/aromatic N) is 2. The normalized spacial score (nSPS) is 25.7. The first-order valence-corrected chi connectivity index (χ1v) is 4.87. The molecule has 1 heterocycles. The molecule has 0 aromatic carbocycles. The van der Waals surface area contributed by atoms with Gasteiger partial charge in [0.25, 0.3) is 0 Å². The van der Waals surface area contributed by atoms with Gasteiger partial charge in [-0.05, 0) is 19.3 Å². The van der Waals surface area contributed by atoms with Gasteiger partial charge in [-0.1, -0.05) is 0 Å². The first-order valence-electron chi connectivity index (χ1n) is 4.87. The van der Waals surface area contributed by atoms with E-state index in [0.29, 0.717) is 6.42 Å². The molecule has 1 fully saturated rings. The van der Waals surface area contributed by atoms with Crippen molar-refractivity contribution in [3.05, 3.63) is 22.5 Å². The van der Waals surface area contributed by atoms with Gasteiger partial charge in [0, 0.05) is 18.3 Å². The molecule has 6 heteroatoms. The standard InChI is InChI=1S/C9H13FN4O/c10-7-4-14(9(15)13-8(7)12)6-2-1-5(11)3-6/h4-6H,1-3,11H2,(H2,12,13,15). The van der Waals surface area contributed by atoms with E-state index < -0.39 is 11.5 Å². The van der Waals surface area contributed by atoms with E-state index in [1.54, 1.807) is 0 Å². The number of rotatable bonds is 1. The Balaban J connectivity index is 2.36. The number of nitrogen functional groups attached to an aromatic ring is 1. The summed E-state index contributed by atoms with van der Waals surface area (Å²) in [4.78, 5) is 14.9. The summed E-state index contributed by atoms with van der Waals surface area (Å²) in [6.07, 6.45) is 3.44. The Bertz CT molecular complexity index is 431. The fourth-order valence-corrected chi connectivity index (χ4v) is 1.96. The lowest BCUT2D eigenvalue weighted by atomic mass is 10.2. The van der Waals surface area contributed by atoms with Gasteiger partial charge in [0.15, 0.2) is 11.6 Å². The van der Waals surface area contributed by atoms with Crippen molar-refractivity contribution in [2.45, 2.75) is 31.3 Å². The van der Waals surface area contributed by atoms with Gasteiger partial charge in [0.1, 0.15) is 0 Å². The smallest absolute Gasteiger partial charge is 0.349 e. The Morgan fingerprint density at radius 3 is 2.87 bits per heavy atom. The molecule has 2 rings (SSSR count). The molecule has 4 N–H and O–H groups in total. The summed E-state index contributed by atoms with van der Waals surface area (Å²) >= 11 is 0. The molecular formula is C9H13FN4O. The van der Waals surface area contributed by atoms with Crippen LogP contribution in [-0.2, 0) is 0 Å². The van der Waals surface area contributed by atoms with Crippen molar-refractivity contribution in [3.63, 3.8) is 0 Å². The fourth-order valence-electron chi connectivity index (χ4n) is 1.96.